The van der Waals surface area contributed by atoms with Crippen molar-refractivity contribution >= 4 is 22.9 Å². The number of benzene rings is 1. The van der Waals surface area contributed by atoms with E-state index < -0.39 is 0 Å². The van der Waals surface area contributed by atoms with Crippen molar-refractivity contribution in [1.82, 2.24) is 0 Å². The third kappa shape index (κ3) is 3.70. The lowest BCUT2D eigenvalue weighted by Gasteiger charge is -2.11. The highest BCUT2D eigenvalue weighted by atomic mass is 32.1. The number of hydrogen-bond donors (Lipinski definition) is 2. The van der Waals surface area contributed by atoms with Crippen molar-refractivity contribution in [3.8, 4) is 0 Å². The average molecular weight is 248 g/mol. The van der Waals surface area contributed by atoms with Gasteiger partial charge in [-0.05, 0) is 37.8 Å². The Morgan fingerprint density at radius 3 is 2.88 bits per heavy atom. The molecule has 0 saturated heterocycles. The van der Waals surface area contributed by atoms with Crippen LogP contribution >= 0.6 is 12.2 Å². The fraction of sp³-hybridized carbons (Fsp3) is 0.500. The molecule has 1 aromatic carbocycles. The minimum atomic E-state index is 0.471. The van der Waals surface area contributed by atoms with E-state index in [2.05, 4.69) is 24.4 Å². The molecule has 0 aromatic heterocycles. The number of nitrogens with one attached hydrogen (secondary N) is 1. The number of nitrogens with two attached hydrogens (primary N) is 1. The van der Waals surface area contributed by atoms with Gasteiger partial charge in [-0.3, -0.25) is 0 Å². The summed E-state index contributed by atoms with van der Waals surface area (Å²) in [6, 6.07) is 6.21. The van der Waals surface area contributed by atoms with Gasteiger partial charge in [0, 0.05) is 17.8 Å². The van der Waals surface area contributed by atoms with Crippen molar-refractivity contribution in [2.45, 2.75) is 32.6 Å². The molecule has 1 aromatic rings. The van der Waals surface area contributed by atoms with Gasteiger partial charge in [-0.15, -0.1) is 0 Å². The van der Waals surface area contributed by atoms with Crippen LogP contribution in [0.4, 0.5) is 5.69 Å². The normalized spacial score (nSPS) is 14.6. The van der Waals surface area contributed by atoms with Crippen molar-refractivity contribution in [3.05, 3.63) is 29.3 Å². The number of aryl methyl sites for hydroxylation is 1. The summed E-state index contributed by atoms with van der Waals surface area (Å²) in [5, 5.41) is 3.44. The number of anilines is 1. The molecule has 0 aliphatic heterocycles. The zero-order chi connectivity index (χ0) is 12.3. The number of thiocarbonyl (C=S) groups is 1. The van der Waals surface area contributed by atoms with Gasteiger partial charge in [0.05, 0.1) is 0 Å². The Morgan fingerprint density at radius 1 is 1.47 bits per heavy atom. The van der Waals surface area contributed by atoms with E-state index in [0.29, 0.717) is 4.99 Å². The van der Waals surface area contributed by atoms with Gasteiger partial charge in [-0.25, -0.2) is 0 Å². The van der Waals surface area contributed by atoms with E-state index in [1.807, 2.05) is 6.07 Å². The van der Waals surface area contributed by atoms with E-state index in [1.54, 1.807) is 0 Å². The first-order valence-electron chi connectivity index (χ1n) is 6.31. The maximum absolute atomic E-state index is 5.74. The fourth-order valence-corrected chi connectivity index (χ4v) is 2.21. The molecular weight excluding hydrogens is 228 g/mol. The fourth-order valence-electron chi connectivity index (χ4n) is 2.04. The van der Waals surface area contributed by atoms with E-state index in [-0.39, 0.29) is 0 Å². The molecule has 1 fully saturated rings. The van der Waals surface area contributed by atoms with Gasteiger partial charge < -0.3 is 11.1 Å². The van der Waals surface area contributed by atoms with E-state index in [4.69, 9.17) is 18.0 Å². The van der Waals surface area contributed by atoms with Crippen molar-refractivity contribution in [2.24, 2.45) is 11.7 Å². The molecular formula is C14H20N2S. The van der Waals surface area contributed by atoms with E-state index in [9.17, 15) is 0 Å². The molecule has 17 heavy (non-hydrogen) atoms. The molecule has 3 heteroatoms. The SMILES string of the molecule is Cc1ccc(NCCCC2CC2)c(C(N)=S)c1. The third-order valence-electron chi connectivity index (χ3n) is 3.24. The largest absolute Gasteiger partial charge is 0.389 e. The number of hydrogen-bond acceptors (Lipinski definition) is 2. The lowest BCUT2D eigenvalue weighted by Crippen LogP contribution is -2.14. The highest BCUT2D eigenvalue weighted by Gasteiger charge is 2.19. The number of rotatable bonds is 6. The van der Waals surface area contributed by atoms with Crippen LogP contribution in [0.3, 0.4) is 0 Å². The molecule has 2 nitrogen and oxygen atoms in total. The van der Waals surface area contributed by atoms with Crippen molar-refractivity contribution in [1.29, 1.82) is 0 Å². The molecule has 0 bridgehead atoms. The second-order valence-electron chi connectivity index (χ2n) is 4.93. The van der Waals surface area contributed by atoms with E-state index >= 15 is 0 Å². The predicted octanol–water partition coefficient (Wildman–Crippen LogP) is 3.23. The summed E-state index contributed by atoms with van der Waals surface area (Å²) >= 11 is 5.08. The highest BCUT2D eigenvalue weighted by Crippen LogP contribution is 2.33. The Kier molecular flexibility index (Phi) is 4.00. The highest BCUT2D eigenvalue weighted by molar-refractivity contribution is 7.80. The summed E-state index contributed by atoms with van der Waals surface area (Å²) in [4.78, 5) is 0.471. The molecule has 92 valence electrons. The Hall–Kier alpha value is -1.09. The molecule has 1 aliphatic rings. The van der Waals surface area contributed by atoms with Crippen LogP contribution in [0.2, 0.25) is 0 Å². The van der Waals surface area contributed by atoms with Crippen molar-refractivity contribution in [3.63, 3.8) is 0 Å². The Bertz CT molecular complexity index is 411. The van der Waals surface area contributed by atoms with Crippen LogP contribution in [0, 0.1) is 12.8 Å². The first kappa shape index (κ1) is 12.4. The van der Waals surface area contributed by atoms with Crippen LogP contribution < -0.4 is 11.1 Å². The second-order valence-corrected chi connectivity index (χ2v) is 5.37. The van der Waals surface area contributed by atoms with Crippen LogP contribution in [0.1, 0.15) is 36.8 Å². The summed E-state index contributed by atoms with van der Waals surface area (Å²) in [5.41, 5.74) is 8.96. The summed E-state index contributed by atoms with van der Waals surface area (Å²) in [6.07, 6.45) is 5.45. The Labute approximate surface area is 109 Å². The van der Waals surface area contributed by atoms with Gasteiger partial charge in [0.1, 0.15) is 4.99 Å². The monoisotopic (exact) mass is 248 g/mol. The first-order valence-corrected chi connectivity index (χ1v) is 6.72. The maximum atomic E-state index is 5.74. The Balaban J connectivity index is 1.91. The van der Waals surface area contributed by atoms with Gasteiger partial charge >= 0.3 is 0 Å². The summed E-state index contributed by atoms with van der Waals surface area (Å²) in [7, 11) is 0. The van der Waals surface area contributed by atoms with E-state index in [1.165, 1.54) is 31.2 Å². The minimum Gasteiger partial charge on any atom is -0.389 e. The summed E-state index contributed by atoms with van der Waals surface area (Å²) in [6.45, 7) is 3.06. The molecule has 3 N–H and O–H groups in total. The topological polar surface area (TPSA) is 38.0 Å². The molecule has 2 rings (SSSR count). The molecule has 0 amide bonds. The zero-order valence-electron chi connectivity index (χ0n) is 10.3. The molecule has 0 heterocycles. The minimum absolute atomic E-state index is 0.471. The van der Waals surface area contributed by atoms with Gasteiger partial charge in [-0.2, -0.15) is 0 Å². The molecule has 1 saturated carbocycles. The molecule has 0 unspecified atom stereocenters. The maximum Gasteiger partial charge on any atom is 0.106 e. The van der Waals surface area contributed by atoms with E-state index in [0.717, 1.165) is 23.7 Å². The van der Waals surface area contributed by atoms with Gasteiger partial charge in [0.2, 0.25) is 0 Å². The van der Waals surface area contributed by atoms with Crippen LogP contribution in [0.5, 0.6) is 0 Å². The molecule has 0 atom stereocenters. The van der Waals surface area contributed by atoms with Crippen LogP contribution in [0.25, 0.3) is 0 Å². The summed E-state index contributed by atoms with van der Waals surface area (Å²) < 4.78 is 0. The third-order valence-corrected chi connectivity index (χ3v) is 3.46. The zero-order valence-corrected chi connectivity index (χ0v) is 11.1. The molecule has 0 radical (unpaired) electrons. The predicted molar refractivity (Wildman–Crippen MR) is 77.5 cm³/mol. The first-order chi connectivity index (χ1) is 8.16. The quantitative estimate of drug-likeness (QED) is 0.599. The van der Waals surface area contributed by atoms with Crippen LogP contribution in [-0.2, 0) is 0 Å². The van der Waals surface area contributed by atoms with Gasteiger partial charge in [0.25, 0.3) is 0 Å². The Morgan fingerprint density at radius 2 is 2.24 bits per heavy atom. The lowest BCUT2D eigenvalue weighted by atomic mass is 10.1. The van der Waals surface area contributed by atoms with Crippen molar-refractivity contribution < 1.29 is 0 Å². The summed E-state index contributed by atoms with van der Waals surface area (Å²) in [5.74, 6) is 1.00. The smallest absolute Gasteiger partial charge is 0.106 e. The van der Waals surface area contributed by atoms with Crippen LogP contribution in [0.15, 0.2) is 18.2 Å². The van der Waals surface area contributed by atoms with Crippen LogP contribution in [-0.4, -0.2) is 11.5 Å². The van der Waals surface area contributed by atoms with Gasteiger partial charge in [0.15, 0.2) is 0 Å². The standard InChI is InChI=1S/C14H20N2S/c1-10-4-7-13(12(9-10)14(15)17)16-8-2-3-11-5-6-11/h4,7,9,11,16H,2-3,5-6,8H2,1H3,(H2,15,17). The molecule has 0 spiro atoms. The van der Waals surface area contributed by atoms with Gasteiger partial charge in [-0.1, -0.05) is 36.7 Å². The average Bonchev–Trinajstić information content (AvgIpc) is 3.09. The molecule has 1 aliphatic carbocycles. The lowest BCUT2D eigenvalue weighted by molar-refractivity contribution is 0.687. The van der Waals surface area contributed by atoms with Crippen molar-refractivity contribution in [2.75, 3.05) is 11.9 Å². The second kappa shape index (κ2) is 5.50.